The van der Waals surface area contributed by atoms with Gasteiger partial charge in [-0.1, -0.05) is 65.5 Å². The normalized spacial score (nSPS) is 36.0. The number of carbonyl (C=O) groups excluding carboxylic acids is 1. The molecule has 4 aliphatic carbocycles. The number of hydrogen-bond acceptors (Lipinski definition) is 4. The average molecular weight is 559 g/mol. The Hall–Kier alpha value is -1.07. The van der Waals surface area contributed by atoms with Crippen LogP contribution in [0.1, 0.15) is 112 Å². The summed E-state index contributed by atoms with van der Waals surface area (Å²) in [5.41, 5.74) is 2.43. The van der Waals surface area contributed by atoms with E-state index in [9.17, 15) is 4.79 Å². The van der Waals surface area contributed by atoms with Crippen molar-refractivity contribution in [3.8, 4) is 0 Å². The second kappa shape index (κ2) is 13.9. The number of allylic oxidation sites excluding steroid dienone is 1. The number of ether oxygens (including phenoxy) is 2. The van der Waals surface area contributed by atoms with Gasteiger partial charge in [0.1, 0.15) is 6.10 Å². The minimum Gasteiger partial charge on any atom is -0.446 e. The molecule has 0 spiro atoms. The van der Waals surface area contributed by atoms with Gasteiger partial charge in [-0.25, -0.2) is 4.79 Å². The molecule has 5 nitrogen and oxygen atoms in total. The summed E-state index contributed by atoms with van der Waals surface area (Å²) in [7, 11) is 4.06. The maximum atomic E-state index is 12.5. The van der Waals surface area contributed by atoms with Gasteiger partial charge < -0.3 is 19.7 Å². The van der Waals surface area contributed by atoms with Crippen LogP contribution in [-0.4, -0.2) is 57.5 Å². The molecule has 8 atom stereocenters. The molecule has 1 amide bonds. The molecule has 8 unspecified atom stereocenters. The van der Waals surface area contributed by atoms with Crippen LogP contribution in [0.2, 0.25) is 0 Å². The van der Waals surface area contributed by atoms with E-state index in [2.05, 4.69) is 50.9 Å². The highest BCUT2D eigenvalue weighted by atomic mass is 16.6. The van der Waals surface area contributed by atoms with Crippen LogP contribution in [0.25, 0.3) is 0 Å². The molecule has 0 aromatic heterocycles. The Morgan fingerprint density at radius 2 is 1.90 bits per heavy atom. The molecule has 1 N–H and O–H groups in total. The van der Waals surface area contributed by atoms with Gasteiger partial charge in [0.05, 0.1) is 13.2 Å². The maximum absolute atomic E-state index is 12.5. The van der Waals surface area contributed by atoms with Crippen LogP contribution in [0.4, 0.5) is 4.79 Å². The van der Waals surface area contributed by atoms with E-state index in [1.54, 1.807) is 5.57 Å². The summed E-state index contributed by atoms with van der Waals surface area (Å²) in [6, 6.07) is 0. The molecule has 0 aliphatic heterocycles. The molecule has 3 saturated carbocycles. The summed E-state index contributed by atoms with van der Waals surface area (Å²) in [6.07, 6.45) is 18.0. The Balaban J connectivity index is 1.27. The predicted molar refractivity (Wildman–Crippen MR) is 165 cm³/mol. The highest BCUT2D eigenvalue weighted by Gasteiger charge is 2.58. The van der Waals surface area contributed by atoms with Crippen molar-refractivity contribution in [1.29, 1.82) is 0 Å². The zero-order chi connectivity index (χ0) is 28.9. The third kappa shape index (κ3) is 7.10. The summed E-state index contributed by atoms with van der Waals surface area (Å²) in [5, 5.41) is 2.89. The summed E-state index contributed by atoms with van der Waals surface area (Å²) in [4.78, 5) is 14.5. The van der Waals surface area contributed by atoms with Gasteiger partial charge >= 0.3 is 6.09 Å². The third-order valence-electron chi connectivity index (χ3n) is 12.3. The summed E-state index contributed by atoms with van der Waals surface area (Å²) < 4.78 is 11.5. The van der Waals surface area contributed by atoms with Crippen molar-refractivity contribution in [3.63, 3.8) is 0 Å². The van der Waals surface area contributed by atoms with Crippen molar-refractivity contribution < 1.29 is 14.3 Å². The first-order valence-corrected chi connectivity index (χ1v) is 16.9. The average Bonchev–Trinajstić information content (AvgIpc) is 3.24. The molecule has 0 bridgehead atoms. The second-order valence-corrected chi connectivity index (χ2v) is 15.0. The number of rotatable bonds is 13. The zero-order valence-corrected chi connectivity index (χ0v) is 27.1. The molecule has 0 heterocycles. The molecule has 4 rings (SSSR count). The Morgan fingerprint density at radius 3 is 2.62 bits per heavy atom. The largest absolute Gasteiger partial charge is 0.446 e. The first-order valence-electron chi connectivity index (χ1n) is 16.9. The highest BCUT2D eigenvalue weighted by molar-refractivity contribution is 5.67. The number of nitrogens with one attached hydrogen (secondary N) is 1. The van der Waals surface area contributed by atoms with Gasteiger partial charge in [0.2, 0.25) is 0 Å². The van der Waals surface area contributed by atoms with Crippen LogP contribution < -0.4 is 5.32 Å². The van der Waals surface area contributed by atoms with Crippen LogP contribution in [0.15, 0.2) is 11.6 Å². The van der Waals surface area contributed by atoms with Crippen molar-refractivity contribution >= 4 is 6.09 Å². The minimum atomic E-state index is -0.289. The van der Waals surface area contributed by atoms with Crippen LogP contribution in [0.5, 0.6) is 0 Å². The lowest BCUT2D eigenvalue weighted by atomic mass is 9.47. The molecule has 5 heteroatoms. The second-order valence-electron chi connectivity index (χ2n) is 15.0. The molecule has 0 aromatic carbocycles. The molecular weight excluding hydrogens is 496 g/mol. The third-order valence-corrected chi connectivity index (χ3v) is 12.3. The standard InChI is InChI=1S/C35H62N2O3/c1-8-26(25(2)3)10-9-11-27-13-15-31-30-14-12-28-24-29(40-33(38)36-20-22-39-23-21-37(6)7)16-18-35(28,5)32(30)17-19-34(27,31)4/h12,25-27,29-32H,8-11,13-24H2,1-7H3,(H,36,38). The van der Waals surface area contributed by atoms with Gasteiger partial charge in [0, 0.05) is 19.5 Å². The molecule has 3 fully saturated rings. The smallest absolute Gasteiger partial charge is 0.407 e. The van der Waals surface area contributed by atoms with Gasteiger partial charge in [-0.2, -0.15) is 0 Å². The Morgan fingerprint density at radius 1 is 1.10 bits per heavy atom. The number of nitrogens with zero attached hydrogens (tertiary/aromatic N) is 1. The highest BCUT2D eigenvalue weighted by Crippen LogP contribution is 2.66. The fourth-order valence-electron chi connectivity index (χ4n) is 9.71. The number of fused-ring (bicyclic) bond motifs is 5. The van der Waals surface area contributed by atoms with Crippen molar-refractivity contribution in [1.82, 2.24) is 10.2 Å². The number of likely N-dealkylation sites (N-methyl/N-ethyl adjacent to an activating group) is 1. The summed E-state index contributed by atoms with van der Waals surface area (Å²) in [6.45, 7) is 15.0. The van der Waals surface area contributed by atoms with Crippen molar-refractivity contribution in [2.75, 3.05) is 40.4 Å². The van der Waals surface area contributed by atoms with E-state index in [4.69, 9.17) is 9.47 Å². The number of amides is 1. The Bertz CT molecular complexity index is 856. The van der Waals surface area contributed by atoms with Gasteiger partial charge in [0.25, 0.3) is 0 Å². The quantitative estimate of drug-likeness (QED) is 0.183. The lowest BCUT2D eigenvalue weighted by Gasteiger charge is -2.58. The van der Waals surface area contributed by atoms with Gasteiger partial charge in [-0.3, -0.25) is 0 Å². The fourth-order valence-corrected chi connectivity index (χ4v) is 9.71. The first kappa shape index (κ1) is 31.9. The van der Waals surface area contributed by atoms with Crippen LogP contribution >= 0.6 is 0 Å². The zero-order valence-electron chi connectivity index (χ0n) is 27.1. The molecule has 4 aliphatic rings. The van der Waals surface area contributed by atoms with E-state index in [1.807, 2.05) is 14.1 Å². The molecule has 0 saturated heterocycles. The Kier molecular flexibility index (Phi) is 11.1. The number of carbonyl (C=O) groups is 1. The van der Waals surface area contributed by atoms with Crippen molar-refractivity contribution in [2.45, 2.75) is 118 Å². The molecule has 230 valence electrons. The molecule has 0 radical (unpaired) electrons. The van der Waals surface area contributed by atoms with Crippen LogP contribution in [0.3, 0.4) is 0 Å². The van der Waals surface area contributed by atoms with Crippen molar-refractivity contribution in [3.05, 3.63) is 11.6 Å². The van der Waals surface area contributed by atoms with E-state index in [0.29, 0.717) is 30.6 Å². The summed E-state index contributed by atoms with van der Waals surface area (Å²) >= 11 is 0. The molecular formula is C35H62N2O3. The predicted octanol–water partition coefficient (Wildman–Crippen LogP) is 8.09. The van der Waals surface area contributed by atoms with Gasteiger partial charge in [-0.05, 0) is 112 Å². The fraction of sp³-hybridized carbons (Fsp3) is 0.914. The number of alkyl carbamates (subject to hydrolysis) is 1. The lowest BCUT2D eigenvalue weighted by molar-refractivity contribution is -0.0520. The van der Waals surface area contributed by atoms with Gasteiger partial charge in [-0.15, -0.1) is 0 Å². The van der Waals surface area contributed by atoms with E-state index in [-0.39, 0.29) is 12.2 Å². The molecule has 40 heavy (non-hydrogen) atoms. The molecule has 0 aromatic rings. The Labute approximate surface area is 246 Å². The maximum Gasteiger partial charge on any atom is 0.407 e. The SMILES string of the molecule is CCC(CCCC1CCC2C3CC=C4CC(OC(=O)NCCOCCN(C)C)CCC4(C)C3CCC12C)C(C)C. The van der Waals surface area contributed by atoms with Gasteiger partial charge in [0.15, 0.2) is 0 Å². The number of hydrogen-bond donors (Lipinski definition) is 1. The minimum absolute atomic E-state index is 0.00744. The van der Waals surface area contributed by atoms with Crippen LogP contribution in [-0.2, 0) is 9.47 Å². The van der Waals surface area contributed by atoms with Crippen LogP contribution in [0, 0.1) is 46.3 Å². The van der Waals surface area contributed by atoms with E-state index >= 15 is 0 Å². The van der Waals surface area contributed by atoms with E-state index in [1.165, 1.54) is 57.8 Å². The van der Waals surface area contributed by atoms with E-state index in [0.717, 1.165) is 61.3 Å². The topological polar surface area (TPSA) is 50.8 Å². The van der Waals surface area contributed by atoms with E-state index < -0.39 is 0 Å². The monoisotopic (exact) mass is 558 g/mol. The lowest BCUT2D eigenvalue weighted by Crippen LogP contribution is -2.50. The van der Waals surface area contributed by atoms with Crippen molar-refractivity contribution in [2.24, 2.45) is 46.3 Å². The summed E-state index contributed by atoms with van der Waals surface area (Å²) in [5.74, 6) is 5.22. The first-order chi connectivity index (χ1) is 19.1.